The monoisotopic (exact) mass is 260 g/mol. The van der Waals surface area contributed by atoms with Crippen molar-refractivity contribution in [3.05, 3.63) is 0 Å². The Morgan fingerprint density at radius 3 is 2.47 bits per heavy atom. The predicted molar refractivity (Wildman–Crippen MR) is 68.0 cm³/mol. The van der Waals surface area contributed by atoms with Gasteiger partial charge in [-0.1, -0.05) is 0 Å². The van der Waals surface area contributed by atoms with E-state index in [0.29, 0.717) is 0 Å². The first-order chi connectivity index (χ1) is 8.02. The molecule has 0 aliphatic carbocycles. The largest absolute Gasteiger partial charge is 0.480 e. The summed E-state index contributed by atoms with van der Waals surface area (Å²) in [5, 5.41) is 8.44. The highest BCUT2D eigenvalue weighted by molar-refractivity contribution is 8.00. The van der Waals surface area contributed by atoms with Crippen LogP contribution in [0, 0.1) is 0 Å². The molecule has 0 aromatic rings. The van der Waals surface area contributed by atoms with E-state index in [-0.39, 0.29) is 16.9 Å². The number of aliphatic carboxylic acids is 1. The van der Waals surface area contributed by atoms with Crippen LogP contribution in [0.4, 0.5) is 0 Å². The average molecular weight is 260 g/mol. The Kier molecular flexibility index (Phi) is 5.77. The molecular weight excluding hydrogens is 240 g/mol. The lowest BCUT2D eigenvalue weighted by molar-refractivity contribution is -0.138. The molecule has 0 aromatic carbocycles. The molecule has 0 saturated carbocycles. The molecule has 5 nitrogen and oxygen atoms in total. The van der Waals surface area contributed by atoms with Gasteiger partial charge in [0.2, 0.25) is 5.91 Å². The Morgan fingerprint density at radius 2 is 1.94 bits per heavy atom. The van der Waals surface area contributed by atoms with E-state index in [2.05, 4.69) is 0 Å². The number of nitrogens with two attached hydrogens (primary N) is 1. The molecule has 2 atom stereocenters. The van der Waals surface area contributed by atoms with E-state index < -0.39 is 12.0 Å². The van der Waals surface area contributed by atoms with E-state index in [0.717, 1.165) is 25.9 Å². The van der Waals surface area contributed by atoms with Gasteiger partial charge in [-0.3, -0.25) is 9.59 Å². The van der Waals surface area contributed by atoms with Crippen molar-refractivity contribution < 1.29 is 14.7 Å². The van der Waals surface area contributed by atoms with E-state index in [9.17, 15) is 9.59 Å². The molecule has 6 heteroatoms. The van der Waals surface area contributed by atoms with Crippen LogP contribution in [0.25, 0.3) is 0 Å². The number of carbonyl (C=O) groups is 2. The maximum absolute atomic E-state index is 12.0. The molecule has 1 rings (SSSR count). The summed E-state index contributed by atoms with van der Waals surface area (Å²) in [6.45, 7) is 3.47. The summed E-state index contributed by atoms with van der Waals surface area (Å²) in [6, 6.07) is -0.892. The molecule has 1 amide bonds. The van der Waals surface area contributed by atoms with Crippen molar-refractivity contribution in [1.29, 1.82) is 0 Å². The normalized spacial score (nSPS) is 19.8. The number of nitrogens with zero attached hydrogens (tertiary/aromatic N) is 1. The number of carbonyl (C=O) groups excluding carboxylic acids is 1. The van der Waals surface area contributed by atoms with Crippen LogP contribution in [0.5, 0.6) is 0 Å². The summed E-state index contributed by atoms with van der Waals surface area (Å²) < 4.78 is 0. The number of carboxylic acid groups (broad SMARTS) is 1. The third-order valence-electron chi connectivity index (χ3n) is 2.86. The summed E-state index contributed by atoms with van der Waals surface area (Å²) in [5.74, 6) is -0.641. The molecule has 1 saturated heterocycles. The number of thioether (sulfide) groups is 1. The summed E-state index contributed by atoms with van der Waals surface area (Å²) in [4.78, 5) is 24.4. The van der Waals surface area contributed by atoms with Crippen LogP contribution in [0.1, 0.15) is 26.2 Å². The first kappa shape index (κ1) is 14.3. The van der Waals surface area contributed by atoms with E-state index in [1.54, 1.807) is 0 Å². The molecule has 0 aromatic heterocycles. The molecule has 17 heavy (non-hydrogen) atoms. The molecule has 0 bridgehead atoms. The maximum Gasteiger partial charge on any atom is 0.321 e. The van der Waals surface area contributed by atoms with E-state index in [1.165, 1.54) is 18.2 Å². The Bertz CT molecular complexity index is 280. The molecule has 98 valence electrons. The molecule has 1 heterocycles. The van der Waals surface area contributed by atoms with Crippen LogP contribution in [0.2, 0.25) is 0 Å². The van der Waals surface area contributed by atoms with Gasteiger partial charge in [-0.2, -0.15) is 0 Å². The number of hydrogen-bond donors (Lipinski definition) is 2. The minimum absolute atomic E-state index is 0.104. The second-order valence-electron chi connectivity index (χ2n) is 4.31. The molecule has 1 aliphatic rings. The average Bonchev–Trinajstić information content (AvgIpc) is 2.35. The Balaban J connectivity index is 2.33. The topological polar surface area (TPSA) is 83.6 Å². The Morgan fingerprint density at radius 1 is 1.35 bits per heavy atom. The molecular formula is C11H20N2O3S. The quantitative estimate of drug-likeness (QED) is 0.753. The van der Waals surface area contributed by atoms with Crippen LogP contribution in [-0.2, 0) is 9.59 Å². The molecule has 0 spiro atoms. The standard InChI is InChI=1S/C11H20N2O3S/c1-8(17-7-9(12)11(15)16)10(14)13-5-3-2-4-6-13/h8-9H,2-7,12H2,1H3,(H,15,16)/t8?,9-/m0/s1. The van der Waals surface area contributed by atoms with Crippen LogP contribution in [0.15, 0.2) is 0 Å². The van der Waals surface area contributed by atoms with Gasteiger partial charge in [-0.05, 0) is 26.2 Å². The number of rotatable bonds is 5. The zero-order chi connectivity index (χ0) is 12.8. The zero-order valence-electron chi connectivity index (χ0n) is 10.1. The number of hydrogen-bond acceptors (Lipinski definition) is 4. The van der Waals surface area contributed by atoms with Gasteiger partial charge < -0.3 is 15.7 Å². The van der Waals surface area contributed by atoms with Gasteiger partial charge in [0, 0.05) is 18.8 Å². The summed E-state index contributed by atoms with van der Waals surface area (Å²) in [6.07, 6.45) is 3.32. The van der Waals surface area contributed by atoms with Crippen molar-refractivity contribution in [2.75, 3.05) is 18.8 Å². The smallest absolute Gasteiger partial charge is 0.321 e. The van der Waals surface area contributed by atoms with Gasteiger partial charge >= 0.3 is 5.97 Å². The first-order valence-electron chi connectivity index (χ1n) is 5.91. The third kappa shape index (κ3) is 4.55. The van der Waals surface area contributed by atoms with Crippen molar-refractivity contribution in [2.45, 2.75) is 37.5 Å². The number of likely N-dealkylation sites (tertiary alicyclic amines) is 1. The second kappa shape index (κ2) is 6.86. The number of carboxylic acids is 1. The SMILES string of the molecule is CC(SC[C@H](N)C(=O)O)C(=O)N1CCCCC1. The Labute approximate surface area is 106 Å². The second-order valence-corrected chi connectivity index (χ2v) is 5.68. The van der Waals surface area contributed by atoms with Crippen LogP contribution in [0.3, 0.4) is 0 Å². The lowest BCUT2D eigenvalue weighted by Gasteiger charge is -2.29. The minimum Gasteiger partial charge on any atom is -0.480 e. The Hall–Kier alpha value is -0.750. The van der Waals surface area contributed by atoms with E-state index in [4.69, 9.17) is 10.8 Å². The fourth-order valence-corrected chi connectivity index (χ4v) is 2.69. The molecule has 3 N–H and O–H groups in total. The summed E-state index contributed by atoms with van der Waals surface area (Å²) in [5.41, 5.74) is 5.40. The van der Waals surface area contributed by atoms with Crippen LogP contribution in [-0.4, -0.2) is 52.0 Å². The van der Waals surface area contributed by atoms with E-state index in [1.807, 2.05) is 11.8 Å². The molecule has 1 fully saturated rings. The third-order valence-corrected chi connectivity index (χ3v) is 4.11. The zero-order valence-corrected chi connectivity index (χ0v) is 10.9. The van der Waals surface area contributed by atoms with Gasteiger partial charge in [0.25, 0.3) is 0 Å². The lowest BCUT2D eigenvalue weighted by atomic mass is 10.1. The first-order valence-corrected chi connectivity index (χ1v) is 6.96. The van der Waals surface area contributed by atoms with Crippen LogP contribution < -0.4 is 5.73 Å². The highest BCUT2D eigenvalue weighted by atomic mass is 32.2. The van der Waals surface area contributed by atoms with Crippen molar-refractivity contribution >= 4 is 23.6 Å². The van der Waals surface area contributed by atoms with Gasteiger partial charge in [0.05, 0.1) is 5.25 Å². The summed E-state index contributed by atoms with van der Waals surface area (Å²) in [7, 11) is 0. The lowest BCUT2D eigenvalue weighted by Crippen LogP contribution is -2.41. The van der Waals surface area contributed by atoms with Crippen LogP contribution >= 0.6 is 11.8 Å². The van der Waals surface area contributed by atoms with Gasteiger partial charge in [0.1, 0.15) is 6.04 Å². The highest BCUT2D eigenvalue weighted by Gasteiger charge is 2.23. The van der Waals surface area contributed by atoms with Crippen molar-refractivity contribution in [1.82, 2.24) is 4.90 Å². The number of piperidine rings is 1. The number of amides is 1. The van der Waals surface area contributed by atoms with Gasteiger partial charge in [0.15, 0.2) is 0 Å². The molecule has 1 aliphatic heterocycles. The van der Waals surface area contributed by atoms with Crippen molar-refractivity contribution in [2.24, 2.45) is 5.73 Å². The fraction of sp³-hybridized carbons (Fsp3) is 0.818. The maximum atomic E-state index is 12.0. The predicted octanol–water partition coefficient (Wildman–Crippen LogP) is 0.532. The van der Waals surface area contributed by atoms with Gasteiger partial charge in [-0.25, -0.2) is 0 Å². The van der Waals surface area contributed by atoms with Crippen molar-refractivity contribution in [3.8, 4) is 0 Å². The molecule has 1 unspecified atom stereocenters. The van der Waals surface area contributed by atoms with E-state index >= 15 is 0 Å². The molecule has 0 radical (unpaired) electrons. The highest BCUT2D eigenvalue weighted by Crippen LogP contribution is 2.17. The van der Waals surface area contributed by atoms with Gasteiger partial charge in [-0.15, -0.1) is 11.8 Å². The van der Waals surface area contributed by atoms with Crippen molar-refractivity contribution in [3.63, 3.8) is 0 Å². The minimum atomic E-state index is -1.02. The fourth-order valence-electron chi connectivity index (χ4n) is 1.76. The summed E-state index contributed by atoms with van der Waals surface area (Å²) >= 11 is 1.32.